The van der Waals surface area contributed by atoms with Gasteiger partial charge in [0, 0.05) is 31.2 Å². The fraction of sp³-hybridized carbons (Fsp3) is 0.308. The number of pyridine rings is 2. The molecule has 208 valence electrons. The number of rotatable bonds is 7. The first-order valence-electron chi connectivity index (χ1n) is 12.3. The van der Waals surface area contributed by atoms with E-state index in [9.17, 15) is 27.4 Å². The van der Waals surface area contributed by atoms with Crippen molar-refractivity contribution in [2.24, 2.45) is 0 Å². The molecule has 0 spiro atoms. The summed E-state index contributed by atoms with van der Waals surface area (Å²) >= 11 is -1.97. The number of alkyl halides is 3. The molecule has 1 unspecified atom stereocenters. The third-order valence-electron chi connectivity index (χ3n) is 7.06. The average Bonchev–Trinajstić information content (AvgIpc) is 3.30. The maximum Gasteiger partial charge on any atom is 0.417 e. The zero-order valence-corrected chi connectivity index (χ0v) is 21.8. The van der Waals surface area contributed by atoms with E-state index in [4.69, 9.17) is 9.65 Å². The smallest absolute Gasteiger partial charge is 0.356 e. The van der Waals surface area contributed by atoms with Gasteiger partial charge in [0.25, 0.3) is 5.56 Å². The maximum absolute atomic E-state index is 13.0. The lowest BCUT2D eigenvalue weighted by atomic mass is 9.84. The van der Waals surface area contributed by atoms with E-state index in [1.165, 1.54) is 12.3 Å². The minimum absolute atomic E-state index is 0.00675. The number of anilines is 3. The van der Waals surface area contributed by atoms with Gasteiger partial charge >= 0.3 is 6.18 Å². The summed E-state index contributed by atoms with van der Waals surface area (Å²) in [4.78, 5) is 21.4. The molecule has 0 radical (unpaired) electrons. The summed E-state index contributed by atoms with van der Waals surface area (Å²) in [6, 6.07) is 13.1. The van der Waals surface area contributed by atoms with Crippen LogP contribution in [0, 0.1) is 11.3 Å². The average molecular weight is 572 g/mol. The molecule has 4 aromatic rings. The summed E-state index contributed by atoms with van der Waals surface area (Å²) in [5, 5.41) is 18.0. The van der Waals surface area contributed by atoms with Crippen molar-refractivity contribution in [1.82, 2.24) is 19.7 Å². The highest BCUT2D eigenvalue weighted by Crippen LogP contribution is 2.38. The van der Waals surface area contributed by atoms with E-state index in [-0.39, 0.29) is 17.7 Å². The van der Waals surface area contributed by atoms with Gasteiger partial charge in [-0.1, -0.05) is 12.1 Å². The third kappa shape index (κ3) is 5.43. The Morgan fingerprint density at radius 3 is 2.48 bits per heavy atom. The quantitative estimate of drug-likeness (QED) is 0.275. The predicted octanol–water partition coefficient (Wildman–Crippen LogP) is 4.51. The van der Waals surface area contributed by atoms with Crippen molar-refractivity contribution in [2.75, 3.05) is 23.3 Å². The molecule has 1 fully saturated rings. The molecule has 0 aliphatic carbocycles. The zero-order chi connectivity index (χ0) is 28.5. The van der Waals surface area contributed by atoms with Crippen LogP contribution in [0.4, 0.5) is 30.5 Å². The van der Waals surface area contributed by atoms with E-state index in [0.717, 1.165) is 12.3 Å². The Labute approximate surface area is 228 Å². The molecule has 1 aliphatic heterocycles. The van der Waals surface area contributed by atoms with E-state index in [2.05, 4.69) is 21.4 Å². The van der Waals surface area contributed by atoms with Gasteiger partial charge in [0.1, 0.15) is 11.2 Å². The number of fused-ring (bicyclic) bond motifs is 1. The Hall–Kier alpha value is -4.22. The topological polar surface area (TPSA) is 140 Å². The summed E-state index contributed by atoms with van der Waals surface area (Å²) in [6.07, 6.45) is -1.15. The summed E-state index contributed by atoms with van der Waals surface area (Å²) in [7, 11) is 0. The van der Waals surface area contributed by atoms with Crippen molar-refractivity contribution < 1.29 is 21.9 Å². The van der Waals surface area contributed by atoms with Gasteiger partial charge in [0.05, 0.1) is 34.9 Å². The molecule has 0 amide bonds. The zero-order valence-electron chi connectivity index (χ0n) is 21.0. The largest absolute Gasteiger partial charge is 0.417 e. The third-order valence-corrected chi connectivity index (χ3v) is 7.64. The Bertz CT molecular complexity index is 1640. The second-order valence-corrected chi connectivity index (χ2v) is 10.5. The lowest BCUT2D eigenvalue weighted by Gasteiger charge is -2.41. The minimum atomic E-state index is -4.47. The van der Waals surface area contributed by atoms with Crippen LogP contribution in [0.2, 0.25) is 0 Å². The Morgan fingerprint density at radius 2 is 1.88 bits per heavy atom. The molecule has 0 bridgehead atoms. The Morgan fingerprint density at radius 1 is 1.15 bits per heavy atom. The van der Waals surface area contributed by atoms with E-state index >= 15 is 0 Å². The summed E-state index contributed by atoms with van der Waals surface area (Å²) in [6.45, 7) is 0.835. The van der Waals surface area contributed by atoms with Crippen LogP contribution in [0.5, 0.6) is 0 Å². The number of H-pyrrole nitrogens is 1. The fourth-order valence-electron chi connectivity index (χ4n) is 4.99. The van der Waals surface area contributed by atoms with E-state index < -0.39 is 28.4 Å². The maximum atomic E-state index is 13.0. The van der Waals surface area contributed by atoms with Gasteiger partial charge in [0.2, 0.25) is 0 Å². The number of benzene rings is 1. The van der Waals surface area contributed by atoms with Gasteiger partial charge in [0.15, 0.2) is 16.9 Å². The lowest BCUT2D eigenvalue weighted by Crippen LogP contribution is -2.47. The molecule has 1 saturated heterocycles. The summed E-state index contributed by atoms with van der Waals surface area (Å²) in [5.74, 6) is 0.698. The van der Waals surface area contributed by atoms with Crippen molar-refractivity contribution >= 4 is 39.3 Å². The normalized spacial score (nSPS) is 16.0. The monoisotopic (exact) mass is 571 g/mol. The second-order valence-electron chi connectivity index (χ2n) is 9.56. The number of aromatic amines is 1. The molecule has 1 atom stereocenters. The summed E-state index contributed by atoms with van der Waals surface area (Å²) < 4.78 is 60.8. The van der Waals surface area contributed by atoms with E-state index in [1.54, 1.807) is 35.0 Å². The van der Waals surface area contributed by atoms with E-state index in [1.807, 2.05) is 4.90 Å². The Kier molecular flexibility index (Phi) is 7.35. The van der Waals surface area contributed by atoms with Crippen LogP contribution in [-0.2, 0) is 28.5 Å². The molecule has 4 heterocycles. The van der Waals surface area contributed by atoms with Crippen LogP contribution in [0.3, 0.4) is 0 Å². The molecule has 40 heavy (non-hydrogen) atoms. The number of hydrogen-bond donors (Lipinski definition) is 3. The predicted molar refractivity (Wildman–Crippen MR) is 143 cm³/mol. The molecule has 3 aromatic heterocycles. The SMILES string of the molecule is N#CCC1(n2nc(Nc3ccc(CS(=O)O)cc3)c3c(=O)[nH]ccc32)CCN(c2ccc(C(F)(F)F)cn2)CC1. The number of nitrogens with zero attached hydrogens (tertiary/aromatic N) is 5. The fourth-order valence-corrected chi connectivity index (χ4v) is 5.47. The number of aromatic nitrogens is 4. The van der Waals surface area contributed by atoms with Crippen LogP contribution in [0.1, 0.15) is 30.4 Å². The molecule has 5 rings (SSSR count). The van der Waals surface area contributed by atoms with Gasteiger partial charge in [-0.05, 0) is 48.7 Å². The standard InChI is InChI=1S/C26H24F3N7O3S/c27-26(28,29)18-3-6-21(32-15-18)35-13-9-25(8-11-30,10-14-35)36-20-7-12-31-24(37)22(20)23(34-36)33-19-4-1-17(2-5-19)16-40(38)39/h1-7,12,15H,8-10,13-14,16H2,(H,31,37)(H,33,34)(H,38,39). The number of nitrogens with one attached hydrogen (secondary N) is 2. The Balaban J connectivity index is 1.45. The number of piperidine rings is 1. The molecule has 3 N–H and O–H groups in total. The molecule has 1 aromatic carbocycles. The molecular formula is C26H24F3N7O3S. The number of nitriles is 1. The molecule has 1 aliphatic rings. The van der Waals surface area contributed by atoms with Crippen LogP contribution in [0.15, 0.2) is 59.7 Å². The molecule has 0 saturated carbocycles. The van der Waals surface area contributed by atoms with Crippen molar-refractivity contribution in [3.8, 4) is 6.07 Å². The number of halogens is 3. The summed E-state index contributed by atoms with van der Waals surface area (Å²) in [5.41, 5.74) is -0.134. The van der Waals surface area contributed by atoms with Crippen LogP contribution in [0.25, 0.3) is 10.9 Å². The van der Waals surface area contributed by atoms with Crippen LogP contribution < -0.4 is 15.8 Å². The molecule has 10 nitrogen and oxygen atoms in total. The van der Waals surface area contributed by atoms with Gasteiger partial charge in [-0.3, -0.25) is 9.48 Å². The van der Waals surface area contributed by atoms with Crippen molar-refractivity contribution in [3.63, 3.8) is 0 Å². The minimum Gasteiger partial charge on any atom is -0.356 e. The van der Waals surface area contributed by atoms with Crippen molar-refractivity contribution in [3.05, 3.63) is 76.3 Å². The molecular weight excluding hydrogens is 547 g/mol. The van der Waals surface area contributed by atoms with E-state index in [0.29, 0.717) is 59.7 Å². The first-order chi connectivity index (χ1) is 19.1. The molecule has 14 heteroatoms. The van der Waals surface area contributed by atoms with Gasteiger partial charge in [-0.2, -0.15) is 23.5 Å². The van der Waals surface area contributed by atoms with Crippen molar-refractivity contribution in [1.29, 1.82) is 5.26 Å². The first kappa shape index (κ1) is 27.4. The van der Waals surface area contributed by atoms with Crippen LogP contribution >= 0.6 is 0 Å². The van der Waals surface area contributed by atoms with Crippen LogP contribution in [-0.4, -0.2) is 41.6 Å². The van der Waals surface area contributed by atoms with Gasteiger partial charge in [-0.15, -0.1) is 0 Å². The highest BCUT2D eigenvalue weighted by Gasteiger charge is 2.40. The number of hydrogen-bond acceptors (Lipinski definition) is 7. The second kappa shape index (κ2) is 10.7. The van der Waals surface area contributed by atoms with Gasteiger partial charge < -0.3 is 19.8 Å². The highest BCUT2D eigenvalue weighted by molar-refractivity contribution is 7.78. The first-order valence-corrected chi connectivity index (χ1v) is 13.6. The highest BCUT2D eigenvalue weighted by atomic mass is 32.2. The van der Waals surface area contributed by atoms with Crippen molar-refractivity contribution in [2.45, 2.75) is 36.7 Å². The lowest BCUT2D eigenvalue weighted by molar-refractivity contribution is -0.137. The van der Waals surface area contributed by atoms with Gasteiger partial charge in [-0.25, -0.2) is 9.19 Å².